The Morgan fingerprint density at radius 1 is 1.25 bits per heavy atom. The molecule has 0 radical (unpaired) electrons. The molecule has 2 aromatic rings. The number of aromatic nitrogens is 2. The van der Waals surface area contributed by atoms with Crippen LogP contribution in [0.3, 0.4) is 0 Å². The van der Waals surface area contributed by atoms with Crippen LogP contribution in [0.25, 0.3) is 0 Å². The van der Waals surface area contributed by atoms with E-state index in [1.54, 1.807) is 24.1 Å². The molecule has 1 saturated carbocycles. The first kappa shape index (κ1) is 25.0. The summed E-state index contributed by atoms with van der Waals surface area (Å²) in [6.07, 6.45) is 4.71. The van der Waals surface area contributed by atoms with Gasteiger partial charge in [0.05, 0.1) is 19.1 Å². The number of methoxy groups -OCH3 is 1. The van der Waals surface area contributed by atoms with Gasteiger partial charge in [0.15, 0.2) is 5.82 Å². The minimum absolute atomic E-state index is 0.0660. The lowest BCUT2D eigenvalue weighted by Gasteiger charge is -2.38. The molecule has 0 N–H and O–H groups in total. The number of benzene rings is 1. The quantitative estimate of drug-likeness (QED) is 0.487. The first-order valence-electron chi connectivity index (χ1n) is 13.2. The molecule has 0 bridgehead atoms. The Kier molecular flexibility index (Phi) is 7.46. The minimum atomic E-state index is -0.387. The average Bonchev–Trinajstić information content (AvgIpc) is 3.42. The average molecular weight is 501 g/mol. The number of amides is 1. The molecule has 196 valence electrons. The second-order valence-electron chi connectivity index (χ2n) is 10.8. The molecule has 2 aliphatic heterocycles. The molecule has 1 aromatic carbocycles. The zero-order valence-electron chi connectivity index (χ0n) is 21.5. The molecule has 3 fully saturated rings. The fourth-order valence-electron chi connectivity index (χ4n) is 5.44. The van der Waals surface area contributed by atoms with Crippen LogP contribution in [-0.4, -0.2) is 66.9 Å². The topological polar surface area (TPSA) is 80.9 Å². The molecule has 2 unspecified atom stereocenters. The van der Waals surface area contributed by atoms with Gasteiger partial charge in [-0.25, -0.2) is 4.39 Å². The summed E-state index contributed by atoms with van der Waals surface area (Å²) in [6.45, 7) is 7.81. The molecule has 5 rings (SSSR count). The highest BCUT2D eigenvalue weighted by Gasteiger charge is 2.43. The van der Waals surface area contributed by atoms with Crippen molar-refractivity contribution in [3.8, 4) is 5.75 Å². The summed E-state index contributed by atoms with van der Waals surface area (Å²) >= 11 is 0. The van der Waals surface area contributed by atoms with Gasteiger partial charge in [0.2, 0.25) is 5.91 Å². The van der Waals surface area contributed by atoms with Crippen LogP contribution in [-0.2, 0) is 16.0 Å². The lowest BCUT2D eigenvalue weighted by Crippen LogP contribution is -2.54. The van der Waals surface area contributed by atoms with E-state index in [0.717, 1.165) is 50.0 Å². The summed E-state index contributed by atoms with van der Waals surface area (Å²) in [5, 5.41) is 4.08. The molecule has 0 spiro atoms. The van der Waals surface area contributed by atoms with Crippen LogP contribution < -0.4 is 9.64 Å². The van der Waals surface area contributed by atoms with Gasteiger partial charge < -0.3 is 23.8 Å². The van der Waals surface area contributed by atoms with E-state index in [2.05, 4.69) is 28.9 Å². The molecular weight excluding hydrogens is 463 g/mol. The maximum atomic E-state index is 14.5. The summed E-state index contributed by atoms with van der Waals surface area (Å²) in [7, 11) is 1.64. The Morgan fingerprint density at radius 3 is 2.69 bits per heavy atom. The first-order valence-corrected chi connectivity index (χ1v) is 13.2. The predicted octanol–water partition coefficient (Wildman–Crippen LogP) is 4.05. The highest BCUT2D eigenvalue weighted by molar-refractivity contribution is 5.79. The molecule has 1 amide bonds. The fourth-order valence-corrected chi connectivity index (χ4v) is 5.44. The molecular formula is C27H37FN4O4. The van der Waals surface area contributed by atoms with Crippen molar-refractivity contribution in [3.63, 3.8) is 0 Å². The van der Waals surface area contributed by atoms with Crippen LogP contribution in [0.2, 0.25) is 0 Å². The van der Waals surface area contributed by atoms with Crippen LogP contribution in [0, 0.1) is 23.6 Å². The second-order valence-corrected chi connectivity index (χ2v) is 10.8. The largest absolute Gasteiger partial charge is 0.493 e. The molecule has 9 heteroatoms. The number of hydrogen-bond donors (Lipinski definition) is 0. The summed E-state index contributed by atoms with van der Waals surface area (Å²) < 4.78 is 31.0. The number of rotatable bonds is 10. The van der Waals surface area contributed by atoms with E-state index >= 15 is 0 Å². The van der Waals surface area contributed by atoms with Crippen molar-refractivity contribution >= 4 is 11.9 Å². The SMILES string of the molecule is COC1CN(C(=O)Cc2ccc(OCCC3CC3C3CCN(c4nc(C(C)C)no4)CC3)cc2F)C1. The van der Waals surface area contributed by atoms with E-state index in [-0.39, 0.29) is 30.2 Å². The first-order chi connectivity index (χ1) is 17.4. The van der Waals surface area contributed by atoms with Gasteiger partial charge in [-0.2, -0.15) is 4.98 Å². The molecule has 1 aromatic heterocycles. The van der Waals surface area contributed by atoms with Gasteiger partial charge in [-0.15, -0.1) is 0 Å². The van der Waals surface area contributed by atoms with E-state index in [1.165, 1.54) is 12.5 Å². The van der Waals surface area contributed by atoms with E-state index < -0.39 is 0 Å². The van der Waals surface area contributed by atoms with Crippen LogP contribution in [0.4, 0.5) is 10.4 Å². The lowest BCUT2D eigenvalue weighted by molar-refractivity contribution is -0.142. The minimum Gasteiger partial charge on any atom is -0.493 e. The number of piperidine rings is 1. The van der Waals surface area contributed by atoms with Gasteiger partial charge >= 0.3 is 6.01 Å². The van der Waals surface area contributed by atoms with Crippen LogP contribution in [0.1, 0.15) is 56.8 Å². The number of carbonyl (C=O) groups excluding carboxylic acids is 1. The van der Waals surface area contributed by atoms with Crippen molar-refractivity contribution < 1.29 is 23.2 Å². The molecule has 2 atom stereocenters. The van der Waals surface area contributed by atoms with E-state index in [0.29, 0.717) is 42.9 Å². The van der Waals surface area contributed by atoms with Gasteiger partial charge in [0, 0.05) is 45.3 Å². The monoisotopic (exact) mass is 500 g/mol. The Balaban J connectivity index is 1.01. The van der Waals surface area contributed by atoms with Crippen molar-refractivity contribution in [1.29, 1.82) is 0 Å². The summed E-state index contributed by atoms with van der Waals surface area (Å²) in [4.78, 5) is 20.7. The van der Waals surface area contributed by atoms with Crippen molar-refractivity contribution in [2.24, 2.45) is 17.8 Å². The van der Waals surface area contributed by atoms with E-state index in [4.69, 9.17) is 14.0 Å². The van der Waals surface area contributed by atoms with Gasteiger partial charge in [-0.3, -0.25) is 4.79 Å². The Morgan fingerprint density at radius 2 is 2.03 bits per heavy atom. The Bertz CT molecular complexity index is 1050. The third-order valence-electron chi connectivity index (χ3n) is 8.00. The third kappa shape index (κ3) is 5.66. The number of carbonyl (C=O) groups is 1. The van der Waals surface area contributed by atoms with Crippen molar-refractivity contribution in [2.45, 2.75) is 58.0 Å². The fraction of sp³-hybridized carbons (Fsp3) is 0.667. The molecule has 1 aliphatic carbocycles. The molecule has 8 nitrogen and oxygen atoms in total. The number of anilines is 1. The second kappa shape index (κ2) is 10.7. The normalized spacial score (nSPS) is 22.7. The number of halogens is 1. The molecule has 36 heavy (non-hydrogen) atoms. The Labute approximate surface area is 212 Å². The summed E-state index contributed by atoms with van der Waals surface area (Å²) in [6, 6.07) is 5.49. The highest BCUT2D eigenvalue weighted by Crippen LogP contribution is 2.50. The van der Waals surface area contributed by atoms with Gasteiger partial charge in [-0.05, 0) is 55.1 Å². The van der Waals surface area contributed by atoms with Crippen molar-refractivity contribution in [3.05, 3.63) is 35.4 Å². The number of ether oxygens (including phenoxy) is 2. The summed E-state index contributed by atoms with van der Waals surface area (Å²) in [5.74, 6) is 3.29. The van der Waals surface area contributed by atoms with E-state index in [1.807, 2.05) is 0 Å². The summed E-state index contributed by atoms with van der Waals surface area (Å²) in [5.41, 5.74) is 0.405. The predicted molar refractivity (Wildman–Crippen MR) is 133 cm³/mol. The van der Waals surface area contributed by atoms with Crippen LogP contribution >= 0.6 is 0 Å². The van der Waals surface area contributed by atoms with Gasteiger partial charge in [0.1, 0.15) is 11.6 Å². The zero-order valence-corrected chi connectivity index (χ0v) is 21.5. The highest BCUT2D eigenvalue weighted by atomic mass is 19.1. The molecule has 3 heterocycles. The smallest absolute Gasteiger partial charge is 0.324 e. The van der Waals surface area contributed by atoms with Crippen molar-refractivity contribution in [1.82, 2.24) is 15.0 Å². The number of nitrogens with zero attached hydrogens (tertiary/aromatic N) is 4. The van der Waals surface area contributed by atoms with Gasteiger partial charge in [-0.1, -0.05) is 25.1 Å². The van der Waals surface area contributed by atoms with Crippen LogP contribution in [0.15, 0.2) is 22.7 Å². The van der Waals surface area contributed by atoms with Crippen LogP contribution in [0.5, 0.6) is 5.75 Å². The third-order valence-corrected chi connectivity index (χ3v) is 8.00. The standard InChI is InChI=1S/C27H37FN4O4/c1-17(2)26-29-27(36-30-26)31-9-6-18(7-10-31)23-12-19(23)8-11-35-21-5-4-20(24(28)14-21)13-25(33)32-15-22(16-32)34-3/h4-5,14,17-19,22-23H,6-13,15-16H2,1-3H3. The maximum Gasteiger partial charge on any atom is 0.324 e. The molecule has 2 saturated heterocycles. The zero-order chi connectivity index (χ0) is 25.2. The number of likely N-dealkylation sites (tertiary alicyclic amines) is 1. The van der Waals surface area contributed by atoms with Crippen molar-refractivity contribution in [2.75, 3.05) is 44.8 Å². The van der Waals surface area contributed by atoms with E-state index in [9.17, 15) is 9.18 Å². The lowest BCUT2D eigenvalue weighted by atomic mass is 9.90. The maximum absolute atomic E-state index is 14.5. The van der Waals surface area contributed by atoms with Gasteiger partial charge in [0.25, 0.3) is 0 Å². The number of hydrogen-bond acceptors (Lipinski definition) is 7. The Hall–Kier alpha value is -2.68. The molecule has 3 aliphatic rings.